The Morgan fingerprint density at radius 1 is 0.385 bits per heavy atom. The highest BCUT2D eigenvalue weighted by Gasteiger charge is 2.31. The van der Waals surface area contributed by atoms with Crippen molar-refractivity contribution in [3.8, 4) is 62.0 Å². The number of hydrogen-bond donors (Lipinski definition) is 0. The summed E-state index contributed by atoms with van der Waals surface area (Å²) in [6.07, 6.45) is 0. The molecule has 0 bridgehead atoms. The minimum absolute atomic E-state index is 0.701. The average Bonchev–Trinajstić information content (AvgIpc) is 3.51. The molecule has 0 radical (unpaired) electrons. The van der Waals surface area contributed by atoms with Gasteiger partial charge < -0.3 is 9.47 Å². The first kappa shape index (κ1) is 29.8. The van der Waals surface area contributed by atoms with E-state index in [1.54, 1.807) is 0 Å². The molecular weight excluding hydrogens is 633 g/mol. The van der Waals surface area contributed by atoms with Gasteiger partial charge in [-0.2, -0.15) is 0 Å². The van der Waals surface area contributed by atoms with E-state index in [2.05, 4.69) is 179 Å². The van der Waals surface area contributed by atoms with Crippen LogP contribution in [0.2, 0.25) is 0 Å². The van der Waals surface area contributed by atoms with Crippen LogP contribution in [0.5, 0.6) is 0 Å². The van der Waals surface area contributed by atoms with Gasteiger partial charge in [0.2, 0.25) is 0 Å². The first-order valence-corrected chi connectivity index (χ1v) is 17.6. The third-order valence-electron chi connectivity index (χ3n) is 9.93. The molecule has 0 spiro atoms. The molecule has 0 atom stereocenters. The van der Waals surface area contributed by atoms with Crippen LogP contribution in [-0.2, 0) is 0 Å². The fourth-order valence-electron chi connectivity index (χ4n) is 7.63. The first-order chi connectivity index (χ1) is 25.8. The Kier molecular flexibility index (Phi) is 7.10. The van der Waals surface area contributed by atoms with Gasteiger partial charge in [0.15, 0.2) is 5.82 Å². The molecule has 0 fully saturated rings. The fourth-order valence-corrected chi connectivity index (χ4v) is 7.63. The lowest BCUT2D eigenvalue weighted by Crippen LogP contribution is -2.11. The van der Waals surface area contributed by atoms with Gasteiger partial charge in [-0.25, -0.2) is 9.97 Å². The fraction of sp³-hybridized carbons (Fsp3) is 0. The second-order valence-electron chi connectivity index (χ2n) is 13.0. The zero-order valence-electron chi connectivity index (χ0n) is 28.3. The van der Waals surface area contributed by atoms with E-state index >= 15 is 0 Å². The molecule has 9 aromatic rings. The zero-order chi connectivity index (χ0) is 34.4. The Bertz CT molecular complexity index is 2660. The molecule has 244 valence electrons. The summed E-state index contributed by atoms with van der Waals surface area (Å²) in [5.74, 6) is 0.701. The predicted molar refractivity (Wildman–Crippen MR) is 214 cm³/mol. The van der Waals surface area contributed by atoms with Crippen molar-refractivity contribution in [3.05, 3.63) is 194 Å². The van der Waals surface area contributed by atoms with Crippen molar-refractivity contribution < 1.29 is 0 Å². The van der Waals surface area contributed by atoms with Crippen LogP contribution in [0.3, 0.4) is 0 Å². The van der Waals surface area contributed by atoms with Crippen LogP contribution in [0.25, 0.3) is 72.9 Å². The third kappa shape index (κ3) is 4.92. The maximum absolute atomic E-state index is 5.23. The van der Waals surface area contributed by atoms with Crippen LogP contribution in [-0.4, -0.2) is 14.5 Å². The topological polar surface area (TPSA) is 34.0 Å². The van der Waals surface area contributed by atoms with E-state index in [9.17, 15) is 0 Å². The summed E-state index contributed by atoms with van der Waals surface area (Å²) in [5.41, 5.74) is 15.1. The molecule has 4 nitrogen and oxygen atoms in total. The lowest BCUT2D eigenvalue weighted by atomic mass is 9.95. The van der Waals surface area contributed by atoms with Crippen LogP contribution in [0, 0.1) is 0 Å². The molecule has 0 saturated heterocycles. The highest BCUT2D eigenvalue weighted by molar-refractivity contribution is 6.13. The molecule has 7 aromatic carbocycles. The van der Waals surface area contributed by atoms with Crippen LogP contribution in [0.15, 0.2) is 194 Å². The van der Waals surface area contributed by atoms with E-state index in [0.29, 0.717) is 5.82 Å². The van der Waals surface area contributed by atoms with Crippen molar-refractivity contribution in [1.82, 2.24) is 14.5 Å². The maximum Gasteiger partial charge on any atom is 0.160 e. The van der Waals surface area contributed by atoms with E-state index in [1.165, 1.54) is 16.5 Å². The average molecular weight is 665 g/mol. The monoisotopic (exact) mass is 664 g/mol. The third-order valence-corrected chi connectivity index (χ3v) is 9.93. The van der Waals surface area contributed by atoms with Crippen LogP contribution < -0.4 is 4.90 Å². The summed E-state index contributed by atoms with van der Waals surface area (Å²) in [6, 6.07) is 68.5. The molecule has 2 aromatic heterocycles. The molecule has 0 N–H and O–H groups in total. The normalized spacial score (nSPS) is 11.8. The largest absolute Gasteiger partial charge is 0.309 e. The number of anilines is 3. The second kappa shape index (κ2) is 12.4. The van der Waals surface area contributed by atoms with E-state index < -0.39 is 0 Å². The van der Waals surface area contributed by atoms with Gasteiger partial charge in [0.05, 0.1) is 34.0 Å². The lowest BCUT2D eigenvalue weighted by molar-refractivity contribution is 1.13. The summed E-state index contributed by atoms with van der Waals surface area (Å²) < 4.78 is 2.43. The van der Waals surface area contributed by atoms with Crippen molar-refractivity contribution in [2.45, 2.75) is 0 Å². The predicted octanol–water partition coefficient (Wildman–Crippen LogP) is 12.5. The summed E-state index contributed by atoms with van der Waals surface area (Å²) in [7, 11) is 0. The van der Waals surface area contributed by atoms with Crippen molar-refractivity contribution in [1.29, 1.82) is 0 Å². The quantitative estimate of drug-likeness (QED) is 0.184. The second-order valence-corrected chi connectivity index (χ2v) is 13.0. The minimum Gasteiger partial charge on any atom is -0.309 e. The van der Waals surface area contributed by atoms with Gasteiger partial charge in [0.25, 0.3) is 0 Å². The molecular formula is C48H32N4. The van der Waals surface area contributed by atoms with Crippen molar-refractivity contribution >= 4 is 28.0 Å². The van der Waals surface area contributed by atoms with Gasteiger partial charge in [-0.1, -0.05) is 140 Å². The van der Waals surface area contributed by atoms with Crippen molar-refractivity contribution in [3.63, 3.8) is 0 Å². The summed E-state index contributed by atoms with van der Waals surface area (Å²) in [6.45, 7) is 0. The van der Waals surface area contributed by atoms with Gasteiger partial charge in [-0.3, -0.25) is 0 Å². The Balaban J connectivity index is 1.30. The van der Waals surface area contributed by atoms with Crippen LogP contribution in [0.4, 0.5) is 17.1 Å². The number of hydrogen-bond acceptors (Lipinski definition) is 3. The lowest BCUT2D eigenvalue weighted by Gasteiger charge is -2.27. The number of rotatable bonds is 5. The summed E-state index contributed by atoms with van der Waals surface area (Å²) >= 11 is 0. The molecule has 1 aliphatic rings. The number of fused-ring (bicyclic) bond motifs is 7. The first-order valence-electron chi connectivity index (χ1n) is 17.6. The number of para-hydroxylation sites is 4. The van der Waals surface area contributed by atoms with Gasteiger partial charge in [-0.15, -0.1) is 0 Å². The number of aromatic nitrogens is 3. The molecule has 0 unspecified atom stereocenters. The highest BCUT2D eigenvalue weighted by atomic mass is 15.2. The Morgan fingerprint density at radius 2 is 0.942 bits per heavy atom. The maximum atomic E-state index is 5.23. The van der Waals surface area contributed by atoms with E-state index in [0.717, 1.165) is 67.6 Å². The SMILES string of the molecule is c1ccc(-c2cc(-c3ccc4c(c3)-c3c(n(-c5ccccc5)c5ccccc35)-c3ccccc3N4c3ccccc3)nc(-c3ccccc3)n2)cc1. The van der Waals surface area contributed by atoms with Gasteiger partial charge in [0.1, 0.15) is 0 Å². The van der Waals surface area contributed by atoms with Gasteiger partial charge in [-0.05, 0) is 54.6 Å². The molecule has 4 heteroatoms. The van der Waals surface area contributed by atoms with Crippen molar-refractivity contribution in [2.24, 2.45) is 0 Å². The molecule has 0 saturated carbocycles. The molecule has 0 amide bonds. The smallest absolute Gasteiger partial charge is 0.160 e. The van der Waals surface area contributed by atoms with E-state index in [4.69, 9.17) is 9.97 Å². The van der Waals surface area contributed by atoms with Crippen LogP contribution in [0.1, 0.15) is 0 Å². The molecule has 1 aliphatic heterocycles. The Labute approximate surface area is 302 Å². The van der Waals surface area contributed by atoms with Gasteiger partial charge >= 0.3 is 0 Å². The summed E-state index contributed by atoms with van der Waals surface area (Å²) in [4.78, 5) is 12.7. The number of nitrogens with zero attached hydrogens (tertiary/aromatic N) is 4. The molecule has 0 aliphatic carbocycles. The molecule has 3 heterocycles. The minimum atomic E-state index is 0.701. The Morgan fingerprint density at radius 3 is 1.67 bits per heavy atom. The van der Waals surface area contributed by atoms with Gasteiger partial charge in [0, 0.05) is 50.1 Å². The number of benzene rings is 7. The molecule has 10 rings (SSSR count). The van der Waals surface area contributed by atoms with Crippen LogP contribution >= 0.6 is 0 Å². The molecule has 52 heavy (non-hydrogen) atoms. The van der Waals surface area contributed by atoms with E-state index in [1.807, 2.05) is 24.3 Å². The standard InChI is InChI=1S/C48H32N4/c1-5-17-33(18-6-1)41-32-42(50-48(49-41)34-19-7-2-8-20-34)35-29-30-45-40(31-35)46-38-25-13-15-27-43(38)52(37-23-11-4-12-24-37)47(46)39-26-14-16-28-44(39)51(45)36-21-9-3-10-22-36/h1-32H. The van der Waals surface area contributed by atoms with Crippen molar-refractivity contribution in [2.75, 3.05) is 4.90 Å². The van der Waals surface area contributed by atoms with E-state index in [-0.39, 0.29) is 0 Å². The zero-order valence-corrected chi connectivity index (χ0v) is 28.3. The Hall–Kier alpha value is -7.04. The highest BCUT2D eigenvalue weighted by Crippen LogP contribution is 2.55. The summed E-state index contributed by atoms with van der Waals surface area (Å²) in [5, 5.41) is 1.20.